The molecule has 8 heteroatoms. The molecule has 0 aliphatic carbocycles. The number of nitrogens with one attached hydrogen (secondary N) is 1. The number of hydrogen-bond acceptors (Lipinski definition) is 6. The molecule has 0 radical (unpaired) electrons. The smallest absolute Gasteiger partial charge is 0.259 e. The lowest BCUT2D eigenvalue weighted by molar-refractivity contribution is 0.0952. The normalized spacial score (nSPS) is 14.0. The van der Waals surface area contributed by atoms with Gasteiger partial charge < -0.3 is 25.2 Å². The first-order chi connectivity index (χ1) is 11.8. The minimum absolute atomic E-state index is 0. The SMILES string of the molecule is Cl.NCCCNC(=O)c1c(N2CCOCC2)noc1-c1ccccc1. The van der Waals surface area contributed by atoms with Crippen LogP contribution < -0.4 is 16.0 Å². The largest absolute Gasteiger partial charge is 0.378 e. The first-order valence-corrected chi connectivity index (χ1v) is 8.17. The van der Waals surface area contributed by atoms with Crippen molar-refractivity contribution in [2.75, 3.05) is 44.3 Å². The lowest BCUT2D eigenvalue weighted by Gasteiger charge is -2.26. The summed E-state index contributed by atoms with van der Waals surface area (Å²) in [5.74, 6) is 0.870. The van der Waals surface area contributed by atoms with E-state index in [0.717, 1.165) is 12.0 Å². The van der Waals surface area contributed by atoms with Gasteiger partial charge in [0.25, 0.3) is 5.91 Å². The van der Waals surface area contributed by atoms with Crippen molar-refractivity contribution in [1.29, 1.82) is 0 Å². The molecule has 1 aliphatic heterocycles. The highest BCUT2D eigenvalue weighted by molar-refractivity contribution is 6.04. The molecule has 1 saturated heterocycles. The molecular formula is C17H23ClN4O3. The van der Waals surface area contributed by atoms with E-state index >= 15 is 0 Å². The van der Waals surface area contributed by atoms with Gasteiger partial charge in [0.1, 0.15) is 5.56 Å². The maximum Gasteiger partial charge on any atom is 0.259 e. The van der Waals surface area contributed by atoms with E-state index in [1.807, 2.05) is 35.2 Å². The molecule has 136 valence electrons. The van der Waals surface area contributed by atoms with Crippen molar-refractivity contribution < 1.29 is 14.1 Å². The fourth-order valence-electron chi connectivity index (χ4n) is 2.66. The molecule has 1 amide bonds. The number of nitrogens with two attached hydrogens (primary N) is 1. The van der Waals surface area contributed by atoms with E-state index < -0.39 is 0 Å². The highest BCUT2D eigenvalue weighted by Gasteiger charge is 2.28. The Balaban J connectivity index is 0.00000225. The molecule has 2 heterocycles. The molecule has 1 aromatic carbocycles. The van der Waals surface area contributed by atoms with Crippen molar-refractivity contribution in [2.45, 2.75) is 6.42 Å². The van der Waals surface area contributed by atoms with E-state index in [9.17, 15) is 4.79 Å². The first-order valence-electron chi connectivity index (χ1n) is 8.17. The van der Waals surface area contributed by atoms with Gasteiger partial charge in [-0.3, -0.25) is 4.79 Å². The van der Waals surface area contributed by atoms with E-state index in [2.05, 4.69) is 10.5 Å². The number of carbonyl (C=O) groups excluding carboxylic acids is 1. The van der Waals surface area contributed by atoms with Crippen molar-refractivity contribution in [1.82, 2.24) is 10.5 Å². The standard InChI is InChI=1S/C17H22N4O3.ClH/c18-7-4-8-19-17(22)14-15(13-5-2-1-3-6-13)24-20-16(14)21-9-11-23-12-10-21;/h1-3,5-6H,4,7-12,18H2,(H,19,22);1H. The van der Waals surface area contributed by atoms with Crippen LogP contribution in [0.1, 0.15) is 16.8 Å². The first kappa shape index (κ1) is 19.2. The van der Waals surface area contributed by atoms with Crippen molar-refractivity contribution in [3.8, 4) is 11.3 Å². The van der Waals surface area contributed by atoms with Crippen molar-refractivity contribution in [2.24, 2.45) is 5.73 Å². The molecule has 2 aromatic rings. The number of carbonyl (C=O) groups is 1. The summed E-state index contributed by atoms with van der Waals surface area (Å²) in [5.41, 5.74) is 6.80. The molecule has 3 rings (SSSR count). The predicted octanol–water partition coefficient (Wildman–Crippen LogP) is 1.68. The number of aromatic nitrogens is 1. The third-order valence-electron chi connectivity index (χ3n) is 3.91. The van der Waals surface area contributed by atoms with Crippen LogP contribution in [0.2, 0.25) is 0 Å². The highest BCUT2D eigenvalue weighted by atomic mass is 35.5. The second kappa shape index (κ2) is 9.41. The Morgan fingerprint density at radius 2 is 1.96 bits per heavy atom. The second-order valence-electron chi connectivity index (χ2n) is 5.57. The fourth-order valence-corrected chi connectivity index (χ4v) is 2.66. The van der Waals surface area contributed by atoms with Gasteiger partial charge in [-0.15, -0.1) is 12.4 Å². The summed E-state index contributed by atoms with van der Waals surface area (Å²) in [6, 6.07) is 9.54. The molecule has 3 N–H and O–H groups in total. The summed E-state index contributed by atoms with van der Waals surface area (Å²) in [7, 11) is 0. The summed E-state index contributed by atoms with van der Waals surface area (Å²) in [5, 5.41) is 7.07. The van der Waals surface area contributed by atoms with E-state index in [4.69, 9.17) is 15.0 Å². The van der Waals surface area contributed by atoms with Crippen LogP contribution in [-0.4, -0.2) is 50.5 Å². The number of halogens is 1. The number of amides is 1. The Labute approximate surface area is 152 Å². The minimum atomic E-state index is -0.190. The molecule has 0 atom stereocenters. The number of hydrogen-bond donors (Lipinski definition) is 2. The lowest BCUT2D eigenvalue weighted by Crippen LogP contribution is -2.38. The molecular weight excluding hydrogens is 344 g/mol. The van der Waals surface area contributed by atoms with Crippen molar-refractivity contribution >= 4 is 24.1 Å². The Bertz CT molecular complexity index is 672. The summed E-state index contributed by atoms with van der Waals surface area (Å²) in [4.78, 5) is 14.8. The van der Waals surface area contributed by atoms with Crippen LogP contribution >= 0.6 is 12.4 Å². The monoisotopic (exact) mass is 366 g/mol. The number of morpholine rings is 1. The second-order valence-corrected chi connectivity index (χ2v) is 5.57. The Kier molecular flexibility index (Phi) is 7.24. The van der Waals surface area contributed by atoms with Crippen LogP contribution in [0.25, 0.3) is 11.3 Å². The zero-order chi connectivity index (χ0) is 16.8. The van der Waals surface area contributed by atoms with Gasteiger partial charge in [-0.2, -0.15) is 0 Å². The highest BCUT2D eigenvalue weighted by Crippen LogP contribution is 2.31. The number of nitrogens with zero attached hydrogens (tertiary/aromatic N) is 2. The Morgan fingerprint density at radius 3 is 2.64 bits per heavy atom. The van der Waals surface area contributed by atoms with Crippen molar-refractivity contribution in [3.63, 3.8) is 0 Å². The molecule has 0 saturated carbocycles. The molecule has 1 aromatic heterocycles. The van der Waals surface area contributed by atoms with Gasteiger partial charge in [-0.05, 0) is 13.0 Å². The average Bonchev–Trinajstić information content (AvgIpc) is 3.08. The maximum absolute atomic E-state index is 12.7. The molecule has 7 nitrogen and oxygen atoms in total. The zero-order valence-corrected chi connectivity index (χ0v) is 14.8. The van der Waals surface area contributed by atoms with Gasteiger partial charge in [-0.1, -0.05) is 35.5 Å². The fraction of sp³-hybridized carbons (Fsp3) is 0.412. The average molecular weight is 367 g/mol. The summed E-state index contributed by atoms with van der Waals surface area (Å²) >= 11 is 0. The Morgan fingerprint density at radius 1 is 1.24 bits per heavy atom. The van der Waals surface area contributed by atoms with Gasteiger partial charge in [-0.25, -0.2) is 0 Å². The summed E-state index contributed by atoms with van der Waals surface area (Å²) in [6.45, 7) is 3.65. The van der Waals surface area contributed by atoms with E-state index in [-0.39, 0.29) is 18.3 Å². The van der Waals surface area contributed by atoms with Gasteiger partial charge in [0.2, 0.25) is 0 Å². The number of anilines is 1. The number of benzene rings is 1. The number of ether oxygens (including phenoxy) is 1. The van der Waals surface area contributed by atoms with Crippen LogP contribution in [0.4, 0.5) is 5.82 Å². The molecule has 0 bridgehead atoms. The maximum atomic E-state index is 12.7. The molecule has 0 unspecified atom stereocenters. The predicted molar refractivity (Wildman–Crippen MR) is 98.2 cm³/mol. The zero-order valence-electron chi connectivity index (χ0n) is 13.9. The summed E-state index contributed by atoms with van der Waals surface area (Å²) < 4.78 is 10.9. The quantitative estimate of drug-likeness (QED) is 0.755. The molecule has 25 heavy (non-hydrogen) atoms. The van der Waals surface area contributed by atoms with Crippen LogP contribution in [-0.2, 0) is 4.74 Å². The molecule has 0 spiro atoms. The van der Waals surface area contributed by atoms with E-state index in [0.29, 0.717) is 56.5 Å². The van der Waals surface area contributed by atoms with Gasteiger partial charge in [0.05, 0.1) is 13.2 Å². The van der Waals surface area contributed by atoms with Gasteiger partial charge >= 0.3 is 0 Å². The van der Waals surface area contributed by atoms with Crippen LogP contribution in [0.3, 0.4) is 0 Å². The number of rotatable bonds is 6. The van der Waals surface area contributed by atoms with E-state index in [1.165, 1.54) is 0 Å². The minimum Gasteiger partial charge on any atom is -0.378 e. The van der Waals surface area contributed by atoms with E-state index in [1.54, 1.807) is 0 Å². The third-order valence-corrected chi connectivity index (χ3v) is 3.91. The lowest BCUT2D eigenvalue weighted by atomic mass is 10.1. The summed E-state index contributed by atoms with van der Waals surface area (Å²) in [6.07, 6.45) is 0.727. The van der Waals surface area contributed by atoms with Crippen LogP contribution in [0, 0.1) is 0 Å². The topological polar surface area (TPSA) is 93.6 Å². The van der Waals surface area contributed by atoms with Gasteiger partial charge in [0, 0.05) is 25.2 Å². The van der Waals surface area contributed by atoms with Crippen LogP contribution in [0.5, 0.6) is 0 Å². The van der Waals surface area contributed by atoms with Crippen molar-refractivity contribution in [3.05, 3.63) is 35.9 Å². The molecule has 1 fully saturated rings. The third kappa shape index (κ3) is 4.50. The van der Waals surface area contributed by atoms with Crippen LogP contribution in [0.15, 0.2) is 34.9 Å². The molecule has 1 aliphatic rings. The Hall–Kier alpha value is -2.09. The van der Waals surface area contributed by atoms with Gasteiger partial charge in [0.15, 0.2) is 11.6 Å².